The maximum absolute atomic E-state index is 13.6. The molecule has 0 saturated carbocycles. The van der Waals surface area contributed by atoms with Crippen molar-refractivity contribution in [3.8, 4) is 0 Å². The fourth-order valence-corrected chi connectivity index (χ4v) is 2.79. The Morgan fingerprint density at radius 3 is 2.62 bits per heavy atom. The van der Waals surface area contributed by atoms with Crippen LogP contribution in [0.4, 0.5) is 20.3 Å². The molecule has 0 spiro atoms. The molecule has 1 N–H and O–H groups in total. The molecule has 5 nitrogen and oxygen atoms in total. The van der Waals surface area contributed by atoms with Crippen molar-refractivity contribution in [2.24, 2.45) is 5.92 Å². The molecule has 2 aromatic rings. The van der Waals surface area contributed by atoms with Crippen molar-refractivity contribution in [3.05, 3.63) is 47.9 Å². The summed E-state index contributed by atoms with van der Waals surface area (Å²) in [6, 6.07) is 3.38. The Morgan fingerprint density at radius 2 is 2.00 bits per heavy atom. The Labute approximate surface area is 138 Å². The van der Waals surface area contributed by atoms with Crippen LogP contribution in [0.5, 0.6) is 0 Å². The molecular formula is C17H18F2N4O. The van der Waals surface area contributed by atoms with Gasteiger partial charge in [-0.25, -0.2) is 18.7 Å². The molecule has 7 heteroatoms. The van der Waals surface area contributed by atoms with E-state index in [1.165, 1.54) is 24.9 Å². The third-order valence-corrected chi connectivity index (χ3v) is 4.05. The van der Waals surface area contributed by atoms with Crippen LogP contribution in [-0.4, -0.2) is 29.0 Å². The highest BCUT2D eigenvalue weighted by Gasteiger charge is 2.19. The maximum atomic E-state index is 13.6. The van der Waals surface area contributed by atoms with Gasteiger partial charge in [0.1, 0.15) is 28.8 Å². The quantitative estimate of drug-likeness (QED) is 0.937. The number of benzene rings is 1. The first-order valence-corrected chi connectivity index (χ1v) is 7.87. The van der Waals surface area contributed by atoms with Gasteiger partial charge in [-0.3, -0.25) is 4.79 Å². The molecule has 0 radical (unpaired) electrons. The number of rotatable bonds is 3. The molecule has 0 bridgehead atoms. The van der Waals surface area contributed by atoms with E-state index in [1.54, 1.807) is 0 Å². The fraction of sp³-hybridized carbons (Fsp3) is 0.353. The second kappa shape index (κ2) is 6.90. The molecule has 1 aromatic heterocycles. The zero-order valence-corrected chi connectivity index (χ0v) is 13.3. The Morgan fingerprint density at radius 1 is 1.25 bits per heavy atom. The lowest BCUT2D eigenvalue weighted by Gasteiger charge is -2.31. The minimum absolute atomic E-state index is 0.00598. The number of hydrogen-bond acceptors (Lipinski definition) is 4. The van der Waals surface area contributed by atoms with E-state index in [-0.39, 0.29) is 5.69 Å². The summed E-state index contributed by atoms with van der Waals surface area (Å²) in [5.74, 6) is -1.08. The highest BCUT2D eigenvalue weighted by atomic mass is 19.1. The number of halogens is 2. The van der Waals surface area contributed by atoms with Crippen LogP contribution in [0.2, 0.25) is 0 Å². The molecule has 1 saturated heterocycles. The van der Waals surface area contributed by atoms with E-state index in [0.717, 1.165) is 31.6 Å². The molecule has 0 aliphatic carbocycles. The van der Waals surface area contributed by atoms with Crippen LogP contribution in [0.25, 0.3) is 0 Å². The van der Waals surface area contributed by atoms with Crippen LogP contribution in [0.1, 0.15) is 30.3 Å². The highest BCUT2D eigenvalue weighted by Crippen LogP contribution is 2.21. The second-order valence-electron chi connectivity index (χ2n) is 6.00. The van der Waals surface area contributed by atoms with Crippen LogP contribution >= 0.6 is 0 Å². The van der Waals surface area contributed by atoms with Gasteiger partial charge in [0.15, 0.2) is 0 Å². The van der Waals surface area contributed by atoms with Crippen molar-refractivity contribution < 1.29 is 13.6 Å². The van der Waals surface area contributed by atoms with E-state index in [0.29, 0.717) is 11.7 Å². The number of hydrogen-bond donors (Lipinski definition) is 1. The van der Waals surface area contributed by atoms with Gasteiger partial charge in [-0.2, -0.15) is 0 Å². The average Bonchev–Trinajstić information content (AvgIpc) is 2.58. The fourth-order valence-electron chi connectivity index (χ4n) is 2.79. The lowest BCUT2D eigenvalue weighted by Crippen LogP contribution is -2.35. The number of piperidine rings is 1. The molecular weight excluding hydrogens is 314 g/mol. The molecule has 1 aliphatic rings. The van der Waals surface area contributed by atoms with Crippen molar-refractivity contribution in [1.82, 2.24) is 9.97 Å². The lowest BCUT2D eigenvalue weighted by molar-refractivity contribution is 0.102. The first-order valence-electron chi connectivity index (χ1n) is 7.87. The normalized spacial score (nSPS) is 17.6. The Hall–Kier alpha value is -2.57. The summed E-state index contributed by atoms with van der Waals surface area (Å²) >= 11 is 0. The highest BCUT2D eigenvalue weighted by molar-refractivity contribution is 6.02. The summed E-state index contributed by atoms with van der Waals surface area (Å²) < 4.78 is 27.1. The van der Waals surface area contributed by atoms with E-state index in [9.17, 15) is 13.6 Å². The largest absolute Gasteiger partial charge is 0.355 e. The van der Waals surface area contributed by atoms with Crippen LogP contribution in [0.3, 0.4) is 0 Å². The van der Waals surface area contributed by atoms with Gasteiger partial charge in [-0.15, -0.1) is 0 Å². The van der Waals surface area contributed by atoms with Crippen LogP contribution in [0, 0.1) is 17.6 Å². The number of anilines is 2. The number of aromatic nitrogens is 2. The smallest absolute Gasteiger partial charge is 0.276 e. The third-order valence-electron chi connectivity index (χ3n) is 4.05. The van der Waals surface area contributed by atoms with Crippen molar-refractivity contribution in [1.29, 1.82) is 0 Å². The molecule has 1 aliphatic heterocycles. The van der Waals surface area contributed by atoms with Crippen LogP contribution in [-0.2, 0) is 0 Å². The van der Waals surface area contributed by atoms with Crippen molar-refractivity contribution in [3.63, 3.8) is 0 Å². The molecule has 126 valence electrons. The molecule has 1 amide bonds. The molecule has 3 rings (SSSR count). The van der Waals surface area contributed by atoms with E-state index >= 15 is 0 Å². The topological polar surface area (TPSA) is 58.1 Å². The summed E-state index contributed by atoms with van der Waals surface area (Å²) in [7, 11) is 0. The van der Waals surface area contributed by atoms with E-state index in [1.807, 2.05) is 0 Å². The zero-order chi connectivity index (χ0) is 17.1. The monoisotopic (exact) mass is 332 g/mol. The maximum Gasteiger partial charge on any atom is 0.276 e. The van der Waals surface area contributed by atoms with E-state index in [2.05, 4.69) is 27.1 Å². The number of amides is 1. The number of carbonyl (C=O) groups excluding carboxylic acids is 1. The predicted octanol–water partition coefficient (Wildman–Crippen LogP) is 3.24. The summed E-state index contributed by atoms with van der Waals surface area (Å²) in [4.78, 5) is 22.6. The molecule has 2 heterocycles. The van der Waals surface area contributed by atoms with Crippen molar-refractivity contribution >= 4 is 17.4 Å². The molecule has 1 atom stereocenters. The van der Waals surface area contributed by atoms with Gasteiger partial charge in [-0.05, 0) is 30.9 Å². The summed E-state index contributed by atoms with van der Waals surface area (Å²) in [6.45, 7) is 4.00. The van der Waals surface area contributed by atoms with Gasteiger partial charge in [-0.1, -0.05) is 13.0 Å². The molecule has 1 aromatic carbocycles. The first kappa shape index (κ1) is 16.3. The summed E-state index contributed by atoms with van der Waals surface area (Å²) in [5.41, 5.74) is -0.482. The Balaban J connectivity index is 1.72. The van der Waals surface area contributed by atoms with Crippen LogP contribution in [0.15, 0.2) is 30.6 Å². The third kappa shape index (κ3) is 3.50. The minimum atomic E-state index is -0.838. The summed E-state index contributed by atoms with van der Waals surface area (Å²) in [5, 5.41) is 2.20. The predicted molar refractivity (Wildman–Crippen MR) is 87.0 cm³/mol. The Kier molecular flexibility index (Phi) is 4.69. The minimum Gasteiger partial charge on any atom is -0.355 e. The molecule has 1 unspecified atom stereocenters. The number of para-hydroxylation sites is 1. The molecule has 24 heavy (non-hydrogen) atoms. The Bertz CT molecular complexity index is 716. The second-order valence-corrected chi connectivity index (χ2v) is 6.00. The number of nitrogens with zero attached hydrogens (tertiary/aromatic N) is 3. The average molecular weight is 332 g/mol. The van der Waals surface area contributed by atoms with Gasteiger partial charge in [0, 0.05) is 13.1 Å². The SMILES string of the molecule is CC1CCCN(c2cnc(C(=O)Nc3c(F)cccc3F)cn2)C1. The lowest BCUT2D eigenvalue weighted by atomic mass is 10.0. The first-order chi connectivity index (χ1) is 11.5. The van der Waals surface area contributed by atoms with Crippen molar-refractivity contribution in [2.45, 2.75) is 19.8 Å². The van der Waals surface area contributed by atoms with E-state index < -0.39 is 23.2 Å². The van der Waals surface area contributed by atoms with Gasteiger partial charge in [0.25, 0.3) is 5.91 Å². The number of carbonyl (C=O) groups is 1. The van der Waals surface area contributed by atoms with Gasteiger partial charge < -0.3 is 10.2 Å². The van der Waals surface area contributed by atoms with Crippen molar-refractivity contribution in [2.75, 3.05) is 23.3 Å². The molecule has 1 fully saturated rings. The van der Waals surface area contributed by atoms with Gasteiger partial charge in [0.05, 0.1) is 12.4 Å². The van der Waals surface area contributed by atoms with Gasteiger partial charge >= 0.3 is 0 Å². The van der Waals surface area contributed by atoms with Gasteiger partial charge in [0.2, 0.25) is 0 Å². The standard InChI is InChI=1S/C17H18F2N4O/c1-11-4-3-7-23(10-11)15-9-20-14(8-21-15)17(24)22-16-12(18)5-2-6-13(16)19/h2,5-6,8-9,11H,3-4,7,10H2,1H3,(H,22,24). The number of nitrogens with one attached hydrogen (secondary N) is 1. The van der Waals surface area contributed by atoms with E-state index in [4.69, 9.17) is 0 Å². The summed E-state index contributed by atoms with van der Waals surface area (Å²) in [6.07, 6.45) is 5.13. The zero-order valence-electron chi connectivity index (χ0n) is 13.3. The van der Waals surface area contributed by atoms with Crippen LogP contribution < -0.4 is 10.2 Å².